The Morgan fingerprint density at radius 2 is 0.718 bits per heavy atom. The van der Waals surface area contributed by atoms with Crippen molar-refractivity contribution in [3.05, 3.63) is 174 Å². The first-order chi connectivity index (χ1) is 19.2. The molecule has 1 fully saturated rings. The van der Waals surface area contributed by atoms with Gasteiger partial charge in [-0.05, 0) is 23.3 Å². The molecule has 5 aromatic rings. The quantitative estimate of drug-likeness (QED) is 0.210. The van der Waals surface area contributed by atoms with Crippen molar-refractivity contribution >= 4 is 17.3 Å². The van der Waals surface area contributed by atoms with Gasteiger partial charge in [0.2, 0.25) is 0 Å². The second-order valence-electron chi connectivity index (χ2n) is 9.97. The molecule has 3 nitrogen and oxygen atoms in total. The fraction of sp³-hybridized carbons (Fsp3) is 0.111. The third-order valence-corrected chi connectivity index (χ3v) is 7.73. The molecule has 39 heavy (non-hydrogen) atoms. The zero-order chi connectivity index (χ0) is 26.6. The topological polar surface area (TPSA) is 37.4 Å². The van der Waals surface area contributed by atoms with Gasteiger partial charge in [0.25, 0.3) is 0 Å². The molecule has 0 amide bonds. The number of nitrogens with zero attached hydrogens (tertiary/aromatic N) is 1. The molecule has 1 aliphatic heterocycles. The number of hydrogen-bond donors (Lipinski definition) is 0. The monoisotopic (exact) mass is 507 g/mol. The maximum atomic E-state index is 14.6. The number of carbonyl (C=O) groups excluding carboxylic acids is 2. The van der Waals surface area contributed by atoms with Gasteiger partial charge in [-0.15, -0.1) is 0 Å². The van der Waals surface area contributed by atoms with E-state index < -0.39 is 11.8 Å². The van der Waals surface area contributed by atoms with Crippen molar-refractivity contribution in [3.63, 3.8) is 0 Å². The zero-order valence-electron chi connectivity index (χ0n) is 21.5. The first kappa shape index (κ1) is 24.6. The van der Waals surface area contributed by atoms with Crippen LogP contribution in [-0.2, 0) is 0 Å². The Balaban J connectivity index is 1.64. The number of ketones is 2. The van der Waals surface area contributed by atoms with Crippen LogP contribution in [0.5, 0.6) is 0 Å². The minimum absolute atomic E-state index is 0.0157. The fourth-order valence-electron chi connectivity index (χ4n) is 6.07. The van der Waals surface area contributed by atoms with Crippen molar-refractivity contribution in [2.45, 2.75) is 12.1 Å². The summed E-state index contributed by atoms with van der Waals surface area (Å²) in [6.07, 6.45) is 0. The van der Waals surface area contributed by atoms with Gasteiger partial charge in [-0.3, -0.25) is 9.59 Å². The van der Waals surface area contributed by atoms with Crippen LogP contribution in [0, 0.1) is 11.8 Å². The molecule has 0 radical (unpaired) electrons. The summed E-state index contributed by atoms with van der Waals surface area (Å²) >= 11 is 0. The summed E-state index contributed by atoms with van der Waals surface area (Å²) in [5, 5.41) is 0. The summed E-state index contributed by atoms with van der Waals surface area (Å²) in [7, 11) is 0. The Hall–Kier alpha value is -4.76. The van der Waals surface area contributed by atoms with Crippen molar-refractivity contribution < 1.29 is 9.59 Å². The van der Waals surface area contributed by atoms with Crippen LogP contribution in [0.1, 0.15) is 43.9 Å². The lowest BCUT2D eigenvalue weighted by Gasteiger charge is -2.34. The van der Waals surface area contributed by atoms with Crippen LogP contribution in [0.25, 0.3) is 0 Å². The predicted octanol–water partition coefficient (Wildman–Crippen LogP) is 7.99. The Bertz CT molecular complexity index is 1440. The maximum absolute atomic E-state index is 14.6. The average Bonchev–Trinajstić information content (AvgIpc) is 3.38. The Morgan fingerprint density at radius 3 is 1.08 bits per heavy atom. The van der Waals surface area contributed by atoms with Crippen molar-refractivity contribution in [2.75, 3.05) is 4.90 Å². The van der Waals surface area contributed by atoms with Gasteiger partial charge in [0.15, 0.2) is 11.6 Å². The van der Waals surface area contributed by atoms with E-state index in [4.69, 9.17) is 0 Å². The highest BCUT2D eigenvalue weighted by molar-refractivity contribution is 6.07. The third kappa shape index (κ3) is 4.68. The molecule has 0 aromatic heterocycles. The average molecular weight is 508 g/mol. The highest BCUT2D eigenvalue weighted by Gasteiger charge is 2.55. The molecular formula is C36H29NO2. The maximum Gasteiger partial charge on any atom is 0.169 e. The summed E-state index contributed by atoms with van der Waals surface area (Å²) in [5.74, 6) is -1.24. The van der Waals surface area contributed by atoms with E-state index in [1.807, 2.05) is 115 Å². The number of anilines is 1. The van der Waals surface area contributed by atoms with Crippen molar-refractivity contribution in [1.29, 1.82) is 0 Å². The van der Waals surface area contributed by atoms with E-state index >= 15 is 0 Å². The highest BCUT2D eigenvalue weighted by atomic mass is 16.1. The summed E-state index contributed by atoms with van der Waals surface area (Å²) < 4.78 is 0. The molecule has 0 aliphatic carbocycles. The van der Waals surface area contributed by atoms with Gasteiger partial charge in [-0.25, -0.2) is 0 Å². The van der Waals surface area contributed by atoms with E-state index in [9.17, 15) is 9.59 Å². The van der Waals surface area contributed by atoms with E-state index in [0.717, 1.165) is 16.8 Å². The Kier molecular flexibility index (Phi) is 6.88. The third-order valence-electron chi connectivity index (χ3n) is 7.73. The van der Waals surface area contributed by atoms with E-state index in [-0.39, 0.29) is 23.7 Å². The van der Waals surface area contributed by atoms with Crippen molar-refractivity contribution in [3.8, 4) is 0 Å². The fourth-order valence-corrected chi connectivity index (χ4v) is 6.07. The minimum atomic E-state index is -0.604. The smallest absolute Gasteiger partial charge is 0.169 e. The molecular weight excluding hydrogens is 478 g/mol. The molecule has 0 N–H and O–H groups in total. The molecule has 1 saturated heterocycles. The molecule has 0 bridgehead atoms. The molecule has 190 valence electrons. The number of rotatable bonds is 7. The predicted molar refractivity (Wildman–Crippen MR) is 156 cm³/mol. The van der Waals surface area contributed by atoms with E-state index in [1.165, 1.54) is 0 Å². The molecule has 4 atom stereocenters. The lowest BCUT2D eigenvalue weighted by Crippen LogP contribution is -2.31. The molecule has 5 aromatic carbocycles. The number of hydrogen-bond acceptors (Lipinski definition) is 3. The second kappa shape index (κ2) is 10.9. The van der Waals surface area contributed by atoms with Crippen LogP contribution >= 0.6 is 0 Å². The normalized spacial score (nSPS) is 20.5. The molecule has 1 aliphatic rings. The summed E-state index contributed by atoms with van der Waals surface area (Å²) in [5.41, 5.74) is 4.25. The van der Waals surface area contributed by atoms with Crippen molar-refractivity contribution in [1.82, 2.24) is 0 Å². The van der Waals surface area contributed by atoms with Gasteiger partial charge < -0.3 is 4.90 Å². The zero-order valence-corrected chi connectivity index (χ0v) is 21.5. The number of Topliss-reactive ketones (excluding diaryl/α,β-unsaturated/α-hetero) is 2. The largest absolute Gasteiger partial charge is 0.356 e. The molecule has 3 heteroatoms. The summed E-state index contributed by atoms with van der Waals surface area (Å²) in [6, 6.07) is 48.6. The van der Waals surface area contributed by atoms with E-state index in [0.29, 0.717) is 11.1 Å². The first-order valence-electron chi connectivity index (χ1n) is 13.4. The van der Waals surface area contributed by atoms with Crippen LogP contribution in [0.3, 0.4) is 0 Å². The second-order valence-corrected chi connectivity index (χ2v) is 9.97. The molecule has 0 spiro atoms. The van der Waals surface area contributed by atoms with Gasteiger partial charge in [0.05, 0.1) is 23.9 Å². The standard InChI is InChI=1S/C36H29NO2/c38-35(28-20-10-3-11-21-28)31-32(36(39)29-22-12-4-13-23-29)34(27-18-8-2-9-19-27)37(30-24-14-5-15-25-30)33(31)26-16-6-1-7-17-26/h1-25,31-34H/t31-,32+,33-,34+. The van der Waals surface area contributed by atoms with Crippen LogP contribution in [0.2, 0.25) is 0 Å². The SMILES string of the molecule is O=C(c1ccccc1)[C@@H]1[C@H](C(=O)c2ccccc2)[C@H](c2ccccc2)N(c2ccccc2)[C@@H]1c1ccccc1. The molecule has 0 saturated carbocycles. The lowest BCUT2D eigenvalue weighted by atomic mass is 9.75. The Morgan fingerprint density at radius 1 is 0.410 bits per heavy atom. The Labute approximate surface area is 229 Å². The minimum Gasteiger partial charge on any atom is -0.356 e. The molecule has 0 unspecified atom stereocenters. The van der Waals surface area contributed by atoms with Gasteiger partial charge in [-0.1, -0.05) is 140 Å². The van der Waals surface area contributed by atoms with Gasteiger partial charge >= 0.3 is 0 Å². The number of carbonyl (C=O) groups is 2. The van der Waals surface area contributed by atoms with Gasteiger partial charge in [-0.2, -0.15) is 0 Å². The van der Waals surface area contributed by atoms with E-state index in [1.54, 1.807) is 0 Å². The lowest BCUT2D eigenvalue weighted by molar-refractivity contribution is 0.0773. The number of para-hydroxylation sites is 1. The summed E-state index contributed by atoms with van der Waals surface area (Å²) in [6.45, 7) is 0. The summed E-state index contributed by atoms with van der Waals surface area (Å²) in [4.78, 5) is 31.4. The van der Waals surface area contributed by atoms with Crippen LogP contribution in [0.15, 0.2) is 152 Å². The van der Waals surface area contributed by atoms with Crippen LogP contribution in [0.4, 0.5) is 5.69 Å². The molecule has 6 rings (SSSR count). The van der Waals surface area contributed by atoms with Crippen LogP contribution in [-0.4, -0.2) is 11.6 Å². The molecule has 1 heterocycles. The highest BCUT2D eigenvalue weighted by Crippen LogP contribution is 2.55. The number of benzene rings is 5. The van der Waals surface area contributed by atoms with Gasteiger partial charge in [0, 0.05) is 16.8 Å². The van der Waals surface area contributed by atoms with Crippen LogP contribution < -0.4 is 4.90 Å². The van der Waals surface area contributed by atoms with E-state index in [2.05, 4.69) is 41.3 Å². The van der Waals surface area contributed by atoms with Crippen molar-refractivity contribution in [2.24, 2.45) is 11.8 Å². The van der Waals surface area contributed by atoms with Gasteiger partial charge in [0.1, 0.15) is 0 Å². The first-order valence-corrected chi connectivity index (χ1v) is 13.4.